The van der Waals surface area contributed by atoms with Gasteiger partial charge in [0.15, 0.2) is 0 Å². The molecule has 0 spiro atoms. The molecule has 2 fully saturated rings. The topological polar surface area (TPSA) is 38.5 Å². The van der Waals surface area contributed by atoms with Crippen molar-refractivity contribution in [2.75, 3.05) is 20.2 Å². The zero-order chi connectivity index (χ0) is 13.9. The molecule has 2 N–H and O–H groups in total. The van der Waals surface area contributed by atoms with Gasteiger partial charge in [0.25, 0.3) is 0 Å². The summed E-state index contributed by atoms with van der Waals surface area (Å²) in [5.74, 6) is 0.873. The Balaban J connectivity index is 2.06. The van der Waals surface area contributed by atoms with Crippen molar-refractivity contribution >= 4 is 0 Å². The molecule has 4 atom stereocenters. The van der Waals surface area contributed by atoms with Crippen LogP contribution < -0.4 is 5.73 Å². The van der Waals surface area contributed by atoms with E-state index in [0.717, 1.165) is 44.4 Å². The number of hydrogen-bond donors (Lipinski definition) is 1. The Labute approximate surface area is 118 Å². The summed E-state index contributed by atoms with van der Waals surface area (Å²) in [6.45, 7) is 6.27. The number of hydrogen-bond acceptors (Lipinski definition) is 3. The molecule has 19 heavy (non-hydrogen) atoms. The molecule has 1 saturated carbocycles. The van der Waals surface area contributed by atoms with E-state index in [0.29, 0.717) is 6.10 Å². The molecule has 3 heteroatoms. The second kappa shape index (κ2) is 6.55. The van der Waals surface area contributed by atoms with Crippen LogP contribution in [0.25, 0.3) is 0 Å². The lowest BCUT2D eigenvalue weighted by Crippen LogP contribution is -2.60. The van der Waals surface area contributed by atoms with Gasteiger partial charge in [0.2, 0.25) is 0 Å². The van der Waals surface area contributed by atoms with E-state index in [1.165, 1.54) is 25.7 Å². The SMILES string of the molecule is CCC1CC(CN)(N(C)C2CCCC(C)C2)CCO1. The molecular weight excluding hydrogens is 236 g/mol. The maximum Gasteiger partial charge on any atom is 0.0590 e. The van der Waals surface area contributed by atoms with Crippen molar-refractivity contribution < 1.29 is 4.74 Å². The Bertz CT molecular complexity index is 284. The van der Waals surface area contributed by atoms with E-state index in [1.54, 1.807) is 0 Å². The minimum Gasteiger partial charge on any atom is -0.378 e. The molecule has 0 aromatic heterocycles. The van der Waals surface area contributed by atoms with Crippen molar-refractivity contribution in [3.8, 4) is 0 Å². The predicted molar refractivity (Wildman–Crippen MR) is 80.2 cm³/mol. The fourth-order valence-corrected chi connectivity index (χ4v) is 4.05. The van der Waals surface area contributed by atoms with Crippen LogP contribution in [0.15, 0.2) is 0 Å². The van der Waals surface area contributed by atoms with E-state index in [9.17, 15) is 0 Å². The first-order chi connectivity index (χ1) is 9.11. The average Bonchev–Trinajstić information content (AvgIpc) is 2.46. The van der Waals surface area contributed by atoms with Gasteiger partial charge in [0.1, 0.15) is 0 Å². The van der Waals surface area contributed by atoms with Crippen LogP contribution in [-0.2, 0) is 4.74 Å². The van der Waals surface area contributed by atoms with Crippen LogP contribution >= 0.6 is 0 Å². The second-order valence-electron chi connectivity index (χ2n) is 6.82. The summed E-state index contributed by atoms with van der Waals surface area (Å²) in [6.07, 6.45) is 9.20. The lowest BCUT2D eigenvalue weighted by atomic mass is 9.79. The maximum absolute atomic E-state index is 6.20. The minimum absolute atomic E-state index is 0.181. The van der Waals surface area contributed by atoms with Crippen LogP contribution in [0.4, 0.5) is 0 Å². The van der Waals surface area contributed by atoms with Crippen LogP contribution in [-0.4, -0.2) is 42.8 Å². The molecule has 4 unspecified atom stereocenters. The van der Waals surface area contributed by atoms with Crippen molar-refractivity contribution in [1.29, 1.82) is 0 Å². The van der Waals surface area contributed by atoms with E-state index >= 15 is 0 Å². The third-order valence-corrected chi connectivity index (χ3v) is 5.57. The van der Waals surface area contributed by atoms with E-state index in [-0.39, 0.29) is 5.54 Å². The highest BCUT2D eigenvalue weighted by molar-refractivity contribution is 4.98. The van der Waals surface area contributed by atoms with Gasteiger partial charge in [0, 0.05) is 24.7 Å². The number of nitrogens with zero attached hydrogens (tertiary/aromatic N) is 1. The zero-order valence-electron chi connectivity index (χ0n) is 13.0. The molecule has 3 nitrogen and oxygen atoms in total. The van der Waals surface area contributed by atoms with E-state index in [2.05, 4.69) is 25.8 Å². The lowest BCUT2D eigenvalue weighted by Gasteiger charge is -2.50. The largest absolute Gasteiger partial charge is 0.378 e. The van der Waals surface area contributed by atoms with Crippen LogP contribution in [0.5, 0.6) is 0 Å². The molecule has 112 valence electrons. The first-order valence-electron chi connectivity index (χ1n) is 8.16. The Kier molecular flexibility index (Phi) is 5.27. The summed E-state index contributed by atoms with van der Waals surface area (Å²) in [4.78, 5) is 2.63. The van der Waals surface area contributed by atoms with Crippen LogP contribution in [0, 0.1) is 5.92 Å². The standard InChI is InChI=1S/C16H32N2O/c1-4-15-11-16(12-17,8-9-19-15)18(3)14-7-5-6-13(2)10-14/h13-15H,4-12,17H2,1-3H3. The van der Waals surface area contributed by atoms with Gasteiger partial charge in [0.05, 0.1) is 6.10 Å². The summed E-state index contributed by atoms with van der Waals surface area (Å²) in [5, 5.41) is 0. The van der Waals surface area contributed by atoms with Gasteiger partial charge in [-0.15, -0.1) is 0 Å². The average molecular weight is 268 g/mol. The first-order valence-corrected chi connectivity index (χ1v) is 8.16. The summed E-state index contributed by atoms with van der Waals surface area (Å²) in [7, 11) is 2.31. The Morgan fingerprint density at radius 1 is 1.37 bits per heavy atom. The molecule has 2 aliphatic rings. The molecule has 0 amide bonds. The number of ether oxygens (including phenoxy) is 1. The summed E-state index contributed by atoms with van der Waals surface area (Å²) in [6, 6.07) is 0.725. The zero-order valence-corrected chi connectivity index (χ0v) is 13.0. The monoisotopic (exact) mass is 268 g/mol. The van der Waals surface area contributed by atoms with Crippen molar-refractivity contribution in [3.63, 3.8) is 0 Å². The van der Waals surface area contributed by atoms with Crippen molar-refractivity contribution in [2.24, 2.45) is 11.7 Å². The van der Waals surface area contributed by atoms with Gasteiger partial charge in [-0.3, -0.25) is 4.90 Å². The Morgan fingerprint density at radius 3 is 2.79 bits per heavy atom. The first kappa shape index (κ1) is 15.3. The second-order valence-corrected chi connectivity index (χ2v) is 6.82. The van der Waals surface area contributed by atoms with Crippen molar-refractivity contribution in [2.45, 2.75) is 76.5 Å². The van der Waals surface area contributed by atoms with E-state index in [4.69, 9.17) is 10.5 Å². The fourth-order valence-electron chi connectivity index (χ4n) is 4.05. The van der Waals surface area contributed by atoms with Gasteiger partial charge >= 0.3 is 0 Å². The van der Waals surface area contributed by atoms with Gasteiger partial charge in [-0.1, -0.05) is 26.7 Å². The van der Waals surface area contributed by atoms with Gasteiger partial charge in [-0.05, 0) is 45.1 Å². The fraction of sp³-hybridized carbons (Fsp3) is 1.00. The quantitative estimate of drug-likeness (QED) is 0.852. The number of rotatable bonds is 4. The van der Waals surface area contributed by atoms with Gasteiger partial charge in [-0.25, -0.2) is 0 Å². The molecular formula is C16H32N2O. The summed E-state index contributed by atoms with van der Waals surface area (Å²) >= 11 is 0. The van der Waals surface area contributed by atoms with Crippen LogP contribution in [0.1, 0.15) is 58.8 Å². The van der Waals surface area contributed by atoms with Crippen LogP contribution in [0.2, 0.25) is 0 Å². The normalized spacial score (nSPS) is 40.6. The van der Waals surface area contributed by atoms with E-state index in [1.807, 2.05) is 0 Å². The smallest absolute Gasteiger partial charge is 0.0590 e. The maximum atomic E-state index is 6.20. The minimum atomic E-state index is 0.181. The molecule has 0 radical (unpaired) electrons. The molecule has 1 heterocycles. The molecule has 0 aromatic carbocycles. The van der Waals surface area contributed by atoms with Crippen LogP contribution in [0.3, 0.4) is 0 Å². The third-order valence-electron chi connectivity index (χ3n) is 5.57. The molecule has 0 aromatic rings. The molecule has 1 aliphatic carbocycles. The molecule has 0 bridgehead atoms. The Morgan fingerprint density at radius 2 is 2.16 bits per heavy atom. The lowest BCUT2D eigenvalue weighted by molar-refractivity contribution is -0.0813. The third kappa shape index (κ3) is 3.32. The van der Waals surface area contributed by atoms with Crippen molar-refractivity contribution in [1.82, 2.24) is 4.90 Å². The highest BCUT2D eigenvalue weighted by atomic mass is 16.5. The van der Waals surface area contributed by atoms with Gasteiger partial charge in [-0.2, -0.15) is 0 Å². The number of likely N-dealkylation sites (N-methyl/N-ethyl adjacent to an activating group) is 1. The number of nitrogens with two attached hydrogens (primary N) is 1. The Hall–Kier alpha value is -0.120. The summed E-state index contributed by atoms with van der Waals surface area (Å²) < 4.78 is 5.86. The highest BCUT2D eigenvalue weighted by Crippen LogP contribution is 2.36. The predicted octanol–water partition coefficient (Wildman–Crippen LogP) is 2.78. The highest BCUT2D eigenvalue weighted by Gasteiger charge is 2.42. The molecule has 1 aliphatic heterocycles. The van der Waals surface area contributed by atoms with Crippen molar-refractivity contribution in [3.05, 3.63) is 0 Å². The summed E-state index contributed by atoms with van der Waals surface area (Å²) in [5.41, 5.74) is 6.38. The molecule has 2 rings (SSSR count). The molecule has 1 saturated heterocycles. The van der Waals surface area contributed by atoms with E-state index < -0.39 is 0 Å². The van der Waals surface area contributed by atoms with Gasteiger partial charge < -0.3 is 10.5 Å².